The van der Waals surface area contributed by atoms with E-state index in [-0.39, 0.29) is 11.9 Å². The Hall–Kier alpha value is -1.51. The van der Waals surface area contributed by atoms with Crippen LogP contribution < -0.4 is 10.6 Å². The van der Waals surface area contributed by atoms with Crippen molar-refractivity contribution in [2.75, 3.05) is 12.4 Å². The van der Waals surface area contributed by atoms with Crippen molar-refractivity contribution in [2.45, 2.75) is 33.7 Å². The number of benzene rings is 1. The largest absolute Gasteiger partial charge is 0.388 e. The highest BCUT2D eigenvalue weighted by Crippen LogP contribution is 2.15. The van der Waals surface area contributed by atoms with Gasteiger partial charge in [-0.2, -0.15) is 0 Å². The molecule has 1 unspecified atom stereocenters. The van der Waals surface area contributed by atoms with Gasteiger partial charge >= 0.3 is 0 Å². The molecule has 17 heavy (non-hydrogen) atoms. The second-order valence-corrected chi connectivity index (χ2v) is 4.79. The van der Waals surface area contributed by atoms with Gasteiger partial charge in [-0.1, -0.05) is 13.8 Å². The molecule has 0 aliphatic carbocycles. The number of aryl methyl sites for hydroxylation is 1. The Kier molecular flexibility index (Phi) is 4.55. The molecule has 2 N–H and O–H groups in total. The number of hydrogen-bond acceptors (Lipinski definition) is 2. The fourth-order valence-electron chi connectivity index (χ4n) is 1.53. The van der Waals surface area contributed by atoms with Crippen molar-refractivity contribution in [1.82, 2.24) is 5.32 Å². The van der Waals surface area contributed by atoms with Gasteiger partial charge in [0.25, 0.3) is 5.91 Å². The summed E-state index contributed by atoms with van der Waals surface area (Å²) in [6, 6.07) is 5.95. The Bertz CT molecular complexity index is 399. The zero-order valence-corrected chi connectivity index (χ0v) is 11.3. The molecule has 0 spiro atoms. The summed E-state index contributed by atoms with van der Waals surface area (Å²) >= 11 is 0. The third-order valence-corrected chi connectivity index (χ3v) is 3.12. The first kappa shape index (κ1) is 13.6. The summed E-state index contributed by atoms with van der Waals surface area (Å²) in [7, 11) is 1.87. The highest BCUT2D eigenvalue weighted by Gasteiger charge is 2.14. The summed E-state index contributed by atoms with van der Waals surface area (Å²) in [5.74, 6) is 0.446. The minimum Gasteiger partial charge on any atom is -0.388 e. The monoisotopic (exact) mass is 234 g/mol. The van der Waals surface area contributed by atoms with Crippen LogP contribution in [-0.4, -0.2) is 19.0 Å². The minimum absolute atomic E-state index is 0.00588. The van der Waals surface area contributed by atoms with E-state index in [1.807, 2.05) is 39.1 Å². The van der Waals surface area contributed by atoms with Crippen LogP contribution in [-0.2, 0) is 0 Å². The molecule has 0 aromatic heterocycles. The molecule has 1 atom stereocenters. The van der Waals surface area contributed by atoms with Crippen molar-refractivity contribution in [3.05, 3.63) is 29.3 Å². The second kappa shape index (κ2) is 5.71. The summed E-state index contributed by atoms with van der Waals surface area (Å²) in [4.78, 5) is 12.0. The number of nitrogens with one attached hydrogen (secondary N) is 2. The Labute approximate surface area is 104 Å². The standard InChI is InChI=1S/C14H22N2O/c1-9(2)11(4)16-14(17)13-7-6-12(15-5)8-10(13)3/h6-9,11,15H,1-5H3,(H,16,17). The van der Waals surface area contributed by atoms with Crippen LogP contribution in [0.15, 0.2) is 18.2 Å². The van der Waals surface area contributed by atoms with Gasteiger partial charge in [0, 0.05) is 24.3 Å². The summed E-state index contributed by atoms with van der Waals surface area (Å²) in [5.41, 5.74) is 2.76. The molecule has 1 aromatic carbocycles. The van der Waals surface area contributed by atoms with Crippen molar-refractivity contribution in [3.63, 3.8) is 0 Å². The lowest BCUT2D eigenvalue weighted by atomic mass is 10.0. The van der Waals surface area contributed by atoms with E-state index in [4.69, 9.17) is 0 Å². The molecule has 3 heteroatoms. The Morgan fingerprint density at radius 1 is 1.24 bits per heavy atom. The normalized spacial score (nSPS) is 12.4. The third kappa shape index (κ3) is 3.48. The van der Waals surface area contributed by atoms with Gasteiger partial charge in [-0.05, 0) is 43.5 Å². The zero-order chi connectivity index (χ0) is 13.0. The van der Waals surface area contributed by atoms with Crippen LogP contribution in [0.2, 0.25) is 0 Å². The minimum atomic E-state index is 0.00588. The topological polar surface area (TPSA) is 41.1 Å². The second-order valence-electron chi connectivity index (χ2n) is 4.79. The van der Waals surface area contributed by atoms with Crippen LogP contribution in [0.3, 0.4) is 0 Å². The number of carbonyl (C=O) groups is 1. The van der Waals surface area contributed by atoms with Crippen LogP contribution in [0.1, 0.15) is 36.7 Å². The first-order chi connectivity index (χ1) is 7.95. The van der Waals surface area contributed by atoms with Gasteiger partial charge in [0.05, 0.1) is 0 Å². The molecule has 94 valence electrons. The number of amides is 1. The Balaban J connectivity index is 2.82. The summed E-state index contributed by atoms with van der Waals surface area (Å²) in [6.07, 6.45) is 0. The van der Waals surface area contributed by atoms with Gasteiger partial charge in [-0.15, -0.1) is 0 Å². The first-order valence-electron chi connectivity index (χ1n) is 6.05. The predicted molar refractivity (Wildman–Crippen MR) is 72.5 cm³/mol. The van der Waals surface area contributed by atoms with Gasteiger partial charge < -0.3 is 10.6 Å². The molecule has 1 amide bonds. The van der Waals surface area contributed by atoms with Crippen molar-refractivity contribution < 1.29 is 4.79 Å². The first-order valence-corrected chi connectivity index (χ1v) is 6.05. The van der Waals surface area contributed by atoms with E-state index in [0.29, 0.717) is 5.92 Å². The molecule has 3 nitrogen and oxygen atoms in total. The number of carbonyl (C=O) groups excluding carboxylic acids is 1. The van der Waals surface area contributed by atoms with E-state index in [9.17, 15) is 4.79 Å². The molecule has 0 bridgehead atoms. The van der Waals surface area contributed by atoms with E-state index in [1.165, 1.54) is 0 Å². The molecule has 0 saturated heterocycles. The van der Waals surface area contributed by atoms with Crippen molar-refractivity contribution >= 4 is 11.6 Å². The van der Waals surface area contributed by atoms with Gasteiger partial charge in [0.2, 0.25) is 0 Å². The summed E-state index contributed by atoms with van der Waals surface area (Å²) < 4.78 is 0. The highest BCUT2D eigenvalue weighted by molar-refractivity contribution is 5.96. The van der Waals surface area contributed by atoms with E-state index in [2.05, 4.69) is 24.5 Å². The molecule has 1 aromatic rings. The van der Waals surface area contributed by atoms with Crippen LogP contribution in [0.5, 0.6) is 0 Å². The highest BCUT2D eigenvalue weighted by atomic mass is 16.1. The molecule has 0 aliphatic rings. The fourth-order valence-corrected chi connectivity index (χ4v) is 1.53. The molecular weight excluding hydrogens is 212 g/mol. The molecule has 0 fully saturated rings. The fraction of sp³-hybridized carbons (Fsp3) is 0.500. The lowest BCUT2D eigenvalue weighted by Gasteiger charge is -2.18. The summed E-state index contributed by atoms with van der Waals surface area (Å²) in [6.45, 7) is 8.18. The molecule has 0 aliphatic heterocycles. The average molecular weight is 234 g/mol. The molecule has 1 rings (SSSR count). The quantitative estimate of drug-likeness (QED) is 0.841. The van der Waals surface area contributed by atoms with Gasteiger partial charge in [0.15, 0.2) is 0 Å². The molecule has 0 saturated carbocycles. The van der Waals surface area contributed by atoms with Gasteiger partial charge in [0.1, 0.15) is 0 Å². The van der Waals surface area contributed by atoms with Crippen molar-refractivity contribution in [3.8, 4) is 0 Å². The van der Waals surface area contributed by atoms with E-state index < -0.39 is 0 Å². The molecule has 0 radical (unpaired) electrons. The van der Waals surface area contributed by atoms with Gasteiger partial charge in [-0.3, -0.25) is 4.79 Å². The Morgan fingerprint density at radius 2 is 1.88 bits per heavy atom. The predicted octanol–water partition coefficient (Wildman–Crippen LogP) is 2.81. The lowest BCUT2D eigenvalue weighted by Crippen LogP contribution is -2.36. The van der Waals surface area contributed by atoms with Crippen molar-refractivity contribution in [1.29, 1.82) is 0 Å². The molecule has 0 heterocycles. The van der Waals surface area contributed by atoms with E-state index in [0.717, 1.165) is 16.8 Å². The van der Waals surface area contributed by atoms with Crippen LogP contribution in [0.25, 0.3) is 0 Å². The number of rotatable bonds is 4. The van der Waals surface area contributed by atoms with E-state index >= 15 is 0 Å². The maximum atomic E-state index is 12.0. The van der Waals surface area contributed by atoms with E-state index in [1.54, 1.807) is 0 Å². The van der Waals surface area contributed by atoms with Crippen LogP contribution >= 0.6 is 0 Å². The average Bonchev–Trinajstić information content (AvgIpc) is 2.28. The number of hydrogen-bond donors (Lipinski definition) is 2. The van der Waals surface area contributed by atoms with Crippen LogP contribution in [0, 0.1) is 12.8 Å². The zero-order valence-electron chi connectivity index (χ0n) is 11.3. The molecular formula is C14H22N2O. The summed E-state index contributed by atoms with van der Waals surface area (Å²) in [5, 5.41) is 6.08. The Morgan fingerprint density at radius 3 is 2.35 bits per heavy atom. The van der Waals surface area contributed by atoms with Crippen LogP contribution in [0.4, 0.5) is 5.69 Å². The maximum Gasteiger partial charge on any atom is 0.251 e. The maximum absolute atomic E-state index is 12.0. The number of anilines is 1. The van der Waals surface area contributed by atoms with Gasteiger partial charge in [-0.25, -0.2) is 0 Å². The third-order valence-electron chi connectivity index (χ3n) is 3.12. The smallest absolute Gasteiger partial charge is 0.251 e. The lowest BCUT2D eigenvalue weighted by molar-refractivity contribution is 0.0930. The van der Waals surface area contributed by atoms with Crippen molar-refractivity contribution in [2.24, 2.45) is 5.92 Å². The SMILES string of the molecule is CNc1ccc(C(=O)NC(C)C(C)C)c(C)c1.